The molecule has 0 spiro atoms. The molecule has 1 atom stereocenters. The molecule has 5 nitrogen and oxygen atoms in total. The quantitative estimate of drug-likeness (QED) is 0.227. The van der Waals surface area contributed by atoms with Crippen LogP contribution in [0, 0.1) is 0 Å². The summed E-state index contributed by atoms with van der Waals surface area (Å²) in [7, 11) is 0. The van der Waals surface area contributed by atoms with E-state index in [4.69, 9.17) is 0 Å². The number of para-hydroxylation sites is 1. The maximum Gasteiger partial charge on any atom is 0.237 e. The molecule has 38 heavy (non-hydrogen) atoms. The second-order valence-corrected chi connectivity index (χ2v) is 11.5. The summed E-state index contributed by atoms with van der Waals surface area (Å²) in [6, 6.07) is 17.0. The van der Waals surface area contributed by atoms with E-state index in [1.54, 1.807) is 0 Å². The molecule has 3 aromatic rings. The van der Waals surface area contributed by atoms with Gasteiger partial charge in [-0.3, -0.25) is 9.69 Å². The number of hydrogen-bond acceptors (Lipinski definition) is 3. The number of aromatic nitrogens is 1. The molecule has 0 saturated carbocycles. The normalized spacial score (nSPS) is 12.7. The lowest BCUT2D eigenvalue weighted by molar-refractivity contribution is -0.133. The number of nitrogens with zero attached hydrogens (tertiary/aromatic N) is 2. The van der Waals surface area contributed by atoms with E-state index in [0.717, 1.165) is 43.3 Å². The van der Waals surface area contributed by atoms with Gasteiger partial charge < -0.3 is 15.0 Å². The maximum atomic E-state index is 13.7. The average Bonchev–Trinajstić information content (AvgIpc) is 3.31. The standard InChI is InChI=1S/C33H47N3O2/c1-6-8-12-29(37)24-35(20-9-7-2)25-32(38)36(23-26-15-17-28(18-16-26)33(3,4)5)21-19-27-22-34-31-14-11-10-13-30(27)31/h6,10-11,13-18,22,29,34,37H,1,7-9,12,19-21,23-25H2,2-5H3/t29-/m0/s1. The fourth-order valence-electron chi connectivity index (χ4n) is 4.82. The van der Waals surface area contributed by atoms with Crippen molar-refractivity contribution in [2.75, 3.05) is 26.2 Å². The van der Waals surface area contributed by atoms with Crippen LogP contribution in [0.25, 0.3) is 10.9 Å². The molecule has 3 rings (SSSR count). The fraction of sp³-hybridized carbons (Fsp3) is 0.485. The van der Waals surface area contributed by atoms with E-state index >= 15 is 0 Å². The van der Waals surface area contributed by atoms with Gasteiger partial charge in [0.1, 0.15) is 0 Å². The summed E-state index contributed by atoms with van der Waals surface area (Å²) in [5.41, 5.74) is 4.87. The van der Waals surface area contributed by atoms with Crippen LogP contribution in [0.2, 0.25) is 0 Å². The van der Waals surface area contributed by atoms with Crippen molar-refractivity contribution < 1.29 is 9.90 Å². The monoisotopic (exact) mass is 517 g/mol. The lowest BCUT2D eigenvalue weighted by Crippen LogP contribution is -2.43. The van der Waals surface area contributed by atoms with E-state index in [0.29, 0.717) is 32.6 Å². The second kappa shape index (κ2) is 14.3. The molecule has 2 aromatic carbocycles. The van der Waals surface area contributed by atoms with Gasteiger partial charge in [-0.05, 0) is 60.4 Å². The third-order valence-corrected chi connectivity index (χ3v) is 7.23. The Kier molecular flexibility index (Phi) is 11.2. The highest BCUT2D eigenvalue weighted by Gasteiger charge is 2.21. The van der Waals surface area contributed by atoms with Crippen LogP contribution in [0.3, 0.4) is 0 Å². The first kappa shape index (κ1) is 29.7. The Morgan fingerprint density at radius 2 is 1.84 bits per heavy atom. The number of benzene rings is 2. The number of aliphatic hydroxyl groups is 1. The molecular formula is C33H47N3O2. The summed E-state index contributed by atoms with van der Waals surface area (Å²) in [6.07, 6.45) is 7.73. The molecule has 0 fully saturated rings. The molecule has 2 N–H and O–H groups in total. The summed E-state index contributed by atoms with van der Waals surface area (Å²) in [4.78, 5) is 21.2. The van der Waals surface area contributed by atoms with E-state index < -0.39 is 6.10 Å². The highest BCUT2D eigenvalue weighted by atomic mass is 16.3. The van der Waals surface area contributed by atoms with Crippen LogP contribution in [-0.4, -0.2) is 58.1 Å². The van der Waals surface area contributed by atoms with Crippen LogP contribution in [0.4, 0.5) is 0 Å². The van der Waals surface area contributed by atoms with Gasteiger partial charge in [0, 0.05) is 36.7 Å². The molecule has 0 bridgehead atoms. The Bertz CT molecular complexity index is 1140. The molecule has 0 saturated heterocycles. The highest BCUT2D eigenvalue weighted by molar-refractivity contribution is 5.83. The third-order valence-electron chi connectivity index (χ3n) is 7.23. The van der Waals surface area contributed by atoms with Crippen molar-refractivity contribution >= 4 is 16.8 Å². The van der Waals surface area contributed by atoms with Gasteiger partial charge in [-0.2, -0.15) is 0 Å². The predicted octanol–water partition coefficient (Wildman–Crippen LogP) is 6.47. The maximum absolute atomic E-state index is 13.7. The van der Waals surface area contributed by atoms with Gasteiger partial charge in [0.25, 0.3) is 0 Å². The smallest absolute Gasteiger partial charge is 0.237 e. The lowest BCUT2D eigenvalue weighted by Gasteiger charge is -2.29. The summed E-state index contributed by atoms with van der Waals surface area (Å²) >= 11 is 0. The third kappa shape index (κ3) is 8.85. The topological polar surface area (TPSA) is 59.6 Å². The van der Waals surface area contributed by atoms with Gasteiger partial charge in [-0.15, -0.1) is 6.58 Å². The molecule has 206 valence electrons. The first-order valence-electron chi connectivity index (χ1n) is 14.1. The number of carbonyl (C=O) groups excluding carboxylic acids is 1. The Labute approximate surface area is 229 Å². The number of nitrogens with one attached hydrogen (secondary N) is 1. The molecule has 0 aliphatic rings. The number of unbranched alkanes of at least 4 members (excludes halogenated alkanes) is 1. The number of rotatable bonds is 15. The van der Waals surface area contributed by atoms with Gasteiger partial charge >= 0.3 is 0 Å². The Morgan fingerprint density at radius 1 is 1.11 bits per heavy atom. The van der Waals surface area contributed by atoms with Gasteiger partial charge in [-0.25, -0.2) is 0 Å². The fourth-order valence-corrected chi connectivity index (χ4v) is 4.82. The minimum atomic E-state index is -0.456. The number of hydrogen-bond donors (Lipinski definition) is 2. The summed E-state index contributed by atoms with van der Waals surface area (Å²) in [5, 5.41) is 11.8. The van der Waals surface area contributed by atoms with Crippen LogP contribution in [0.5, 0.6) is 0 Å². The first-order chi connectivity index (χ1) is 18.2. The number of amides is 1. The lowest BCUT2D eigenvalue weighted by atomic mass is 9.87. The molecule has 0 aliphatic carbocycles. The molecule has 1 amide bonds. The van der Waals surface area contributed by atoms with E-state index in [2.05, 4.69) is 92.8 Å². The predicted molar refractivity (Wildman–Crippen MR) is 159 cm³/mol. The molecule has 5 heteroatoms. The minimum absolute atomic E-state index is 0.0928. The van der Waals surface area contributed by atoms with Crippen molar-refractivity contribution in [1.82, 2.24) is 14.8 Å². The van der Waals surface area contributed by atoms with Gasteiger partial charge in [0.05, 0.1) is 12.6 Å². The first-order valence-corrected chi connectivity index (χ1v) is 14.1. The van der Waals surface area contributed by atoms with Crippen molar-refractivity contribution in [3.63, 3.8) is 0 Å². The van der Waals surface area contributed by atoms with E-state index in [1.807, 2.05) is 17.0 Å². The average molecular weight is 518 g/mol. The summed E-state index contributed by atoms with van der Waals surface area (Å²) in [5.74, 6) is 0.108. The molecule has 1 heterocycles. The van der Waals surface area contributed by atoms with Crippen molar-refractivity contribution in [1.29, 1.82) is 0 Å². The Hall–Kier alpha value is -2.89. The van der Waals surface area contributed by atoms with E-state index in [-0.39, 0.29) is 11.3 Å². The number of aliphatic hydroxyl groups excluding tert-OH is 1. The van der Waals surface area contributed by atoms with Crippen molar-refractivity contribution in [2.24, 2.45) is 0 Å². The zero-order chi connectivity index (χ0) is 27.5. The van der Waals surface area contributed by atoms with Gasteiger partial charge in [0.15, 0.2) is 0 Å². The van der Waals surface area contributed by atoms with Crippen LogP contribution >= 0.6 is 0 Å². The molecule has 0 radical (unpaired) electrons. The number of allylic oxidation sites excluding steroid dienone is 1. The molecule has 0 unspecified atom stereocenters. The minimum Gasteiger partial charge on any atom is -0.392 e. The van der Waals surface area contributed by atoms with Crippen molar-refractivity contribution in [2.45, 2.75) is 77.9 Å². The number of H-pyrrole nitrogens is 1. The summed E-state index contributed by atoms with van der Waals surface area (Å²) in [6.45, 7) is 15.4. The van der Waals surface area contributed by atoms with Crippen LogP contribution in [0.1, 0.15) is 70.1 Å². The Balaban J connectivity index is 1.76. The van der Waals surface area contributed by atoms with Crippen LogP contribution < -0.4 is 0 Å². The van der Waals surface area contributed by atoms with Gasteiger partial charge in [0.2, 0.25) is 5.91 Å². The number of aromatic amines is 1. The summed E-state index contributed by atoms with van der Waals surface area (Å²) < 4.78 is 0. The number of carbonyl (C=O) groups is 1. The largest absolute Gasteiger partial charge is 0.392 e. The number of fused-ring (bicyclic) bond motifs is 1. The molecule has 0 aliphatic heterocycles. The van der Waals surface area contributed by atoms with Crippen LogP contribution in [-0.2, 0) is 23.2 Å². The molecule has 1 aromatic heterocycles. The van der Waals surface area contributed by atoms with Crippen molar-refractivity contribution in [3.8, 4) is 0 Å². The van der Waals surface area contributed by atoms with E-state index in [1.165, 1.54) is 16.5 Å². The SMILES string of the molecule is C=CCC[C@H](O)CN(CCCC)CC(=O)N(CCc1c[nH]c2ccccc12)Cc1ccc(C(C)(C)C)cc1. The van der Waals surface area contributed by atoms with Gasteiger partial charge in [-0.1, -0.05) is 82.7 Å². The molecular weight excluding hydrogens is 470 g/mol. The zero-order valence-electron chi connectivity index (χ0n) is 23.9. The highest BCUT2D eigenvalue weighted by Crippen LogP contribution is 2.23. The van der Waals surface area contributed by atoms with E-state index in [9.17, 15) is 9.90 Å². The Morgan fingerprint density at radius 3 is 2.53 bits per heavy atom. The van der Waals surface area contributed by atoms with Crippen molar-refractivity contribution in [3.05, 3.63) is 84.1 Å². The zero-order valence-corrected chi connectivity index (χ0v) is 23.9. The second-order valence-electron chi connectivity index (χ2n) is 11.5. The van der Waals surface area contributed by atoms with Crippen LogP contribution in [0.15, 0.2) is 67.4 Å².